The molecule has 2 fully saturated rings. The van der Waals surface area contributed by atoms with Gasteiger partial charge in [-0.3, -0.25) is 4.79 Å². The monoisotopic (exact) mass is 625 g/mol. The van der Waals surface area contributed by atoms with Crippen LogP contribution < -0.4 is 5.32 Å². The summed E-state index contributed by atoms with van der Waals surface area (Å²) in [4.78, 5) is 25.1. The minimum absolute atomic E-state index is 0.155. The van der Waals surface area contributed by atoms with Crippen molar-refractivity contribution in [2.24, 2.45) is 5.92 Å². The van der Waals surface area contributed by atoms with Gasteiger partial charge in [-0.05, 0) is 24.1 Å². The molecule has 2 aliphatic heterocycles. The molecule has 39 heavy (non-hydrogen) atoms. The van der Waals surface area contributed by atoms with Crippen LogP contribution in [0.1, 0.15) is 46.5 Å². The molecule has 0 spiro atoms. The molecule has 0 aliphatic carbocycles. The zero-order chi connectivity index (χ0) is 29.2. The number of hydrogen-bond donors (Lipinski definition) is 1. The van der Waals surface area contributed by atoms with Crippen LogP contribution in [0.3, 0.4) is 0 Å². The van der Waals surface area contributed by atoms with Crippen LogP contribution in [0.15, 0.2) is 30.3 Å². The molecular formula is C26H38Cl3NO8Si. The van der Waals surface area contributed by atoms with Crippen LogP contribution in [0.2, 0.25) is 18.1 Å². The number of amides is 1. The van der Waals surface area contributed by atoms with Crippen molar-refractivity contribution < 1.29 is 37.7 Å². The van der Waals surface area contributed by atoms with Gasteiger partial charge in [0, 0.05) is 12.5 Å². The van der Waals surface area contributed by atoms with E-state index in [1.165, 1.54) is 6.92 Å². The molecule has 13 heteroatoms. The molecule has 220 valence electrons. The summed E-state index contributed by atoms with van der Waals surface area (Å²) in [5.41, 5.74) is 0.787. The number of alkyl carbamates (subject to hydrolysis) is 1. The summed E-state index contributed by atoms with van der Waals surface area (Å²) in [5.74, 6) is -0.264. The highest BCUT2D eigenvalue weighted by Crippen LogP contribution is 2.46. The first-order valence-corrected chi connectivity index (χ1v) is 16.9. The average Bonchev–Trinajstić information content (AvgIpc) is 2.84. The first kappa shape index (κ1) is 32.4. The van der Waals surface area contributed by atoms with Crippen molar-refractivity contribution in [2.45, 2.75) is 93.5 Å². The molecule has 1 amide bonds. The summed E-state index contributed by atoms with van der Waals surface area (Å²) >= 11 is 17.3. The molecule has 0 saturated carbocycles. The zero-order valence-corrected chi connectivity index (χ0v) is 26.5. The van der Waals surface area contributed by atoms with Crippen molar-refractivity contribution in [1.29, 1.82) is 0 Å². The number of carbonyl (C=O) groups is 2. The standard InChI is InChI=1S/C26H38Cl3NO8Si/c1-15(2)25(4,5)39(6,7)38-23-19(30-24(32)34-14-26(27,28)29)21(35-16(3)31)20-18(36-23)13-33-22(37-20)17-11-9-8-10-12-17/h8-12,15,18-23H,13-14H2,1-7H3,(H,30,32)/t18-,19-,20-,21-,22-,23+/m1/s1. The van der Waals surface area contributed by atoms with E-state index < -0.39 is 67.7 Å². The molecule has 2 aliphatic rings. The molecule has 0 unspecified atom stereocenters. The van der Waals surface area contributed by atoms with Crippen molar-refractivity contribution in [2.75, 3.05) is 13.2 Å². The van der Waals surface area contributed by atoms with Gasteiger partial charge in [-0.25, -0.2) is 4.79 Å². The summed E-state index contributed by atoms with van der Waals surface area (Å²) in [7, 11) is -2.52. The predicted octanol–water partition coefficient (Wildman–Crippen LogP) is 5.88. The fourth-order valence-electron chi connectivity index (χ4n) is 4.40. The topological polar surface area (TPSA) is 102 Å². The van der Waals surface area contributed by atoms with Crippen LogP contribution in [-0.4, -0.2) is 68.0 Å². The number of hydrogen-bond acceptors (Lipinski definition) is 8. The smallest absolute Gasteiger partial charge is 0.407 e. The molecule has 1 aromatic rings. The number of benzene rings is 1. The highest BCUT2D eigenvalue weighted by Gasteiger charge is 2.55. The van der Waals surface area contributed by atoms with Gasteiger partial charge in [-0.15, -0.1) is 0 Å². The van der Waals surface area contributed by atoms with Gasteiger partial charge < -0.3 is 33.4 Å². The molecule has 3 rings (SSSR count). The van der Waals surface area contributed by atoms with Gasteiger partial charge in [0.25, 0.3) is 0 Å². The second-order valence-corrected chi connectivity index (χ2v) is 18.2. The summed E-state index contributed by atoms with van der Waals surface area (Å²) in [5, 5.41) is 2.55. The number of esters is 1. The molecule has 2 heterocycles. The van der Waals surface area contributed by atoms with Crippen molar-refractivity contribution in [3.8, 4) is 0 Å². The van der Waals surface area contributed by atoms with Crippen molar-refractivity contribution in [3.63, 3.8) is 0 Å². The maximum atomic E-state index is 12.8. The van der Waals surface area contributed by atoms with E-state index in [0.717, 1.165) is 5.56 Å². The molecule has 0 radical (unpaired) electrons. The lowest BCUT2D eigenvalue weighted by Gasteiger charge is -2.52. The minimum Gasteiger partial charge on any atom is -0.457 e. The Morgan fingerprint density at radius 1 is 1.13 bits per heavy atom. The average molecular weight is 627 g/mol. The summed E-state index contributed by atoms with van der Waals surface area (Å²) in [6.45, 7) is 13.7. The fourth-order valence-corrected chi connectivity index (χ4v) is 7.04. The van der Waals surface area contributed by atoms with Gasteiger partial charge in [-0.2, -0.15) is 0 Å². The van der Waals surface area contributed by atoms with Gasteiger partial charge in [0.05, 0.1) is 6.61 Å². The van der Waals surface area contributed by atoms with Gasteiger partial charge in [0.15, 0.2) is 27.0 Å². The van der Waals surface area contributed by atoms with Crippen LogP contribution >= 0.6 is 34.8 Å². The number of nitrogens with one attached hydrogen (secondary N) is 1. The Morgan fingerprint density at radius 3 is 2.33 bits per heavy atom. The third-order valence-electron chi connectivity index (χ3n) is 7.77. The first-order chi connectivity index (χ1) is 18.0. The predicted molar refractivity (Wildman–Crippen MR) is 150 cm³/mol. The highest BCUT2D eigenvalue weighted by atomic mass is 35.6. The third-order valence-corrected chi connectivity index (χ3v) is 12.6. The van der Waals surface area contributed by atoms with Crippen LogP contribution in [-0.2, 0) is 32.9 Å². The number of fused-ring (bicyclic) bond motifs is 1. The molecule has 0 aromatic heterocycles. The van der Waals surface area contributed by atoms with Gasteiger partial charge >= 0.3 is 12.1 Å². The van der Waals surface area contributed by atoms with Crippen LogP contribution in [0.5, 0.6) is 0 Å². The van der Waals surface area contributed by atoms with E-state index in [9.17, 15) is 9.59 Å². The van der Waals surface area contributed by atoms with E-state index in [1.807, 2.05) is 30.3 Å². The van der Waals surface area contributed by atoms with E-state index in [4.69, 9.17) is 62.9 Å². The summed E-state index contributed by atoms with van der Waals surface area (Å²) in [6.07, 6.45) is -5.04. The van der Waals surface area contributed by atoms with E-state index in [-0.39, 0.29) is 11.6 Å². The molecule has 6 atom stereocenters. The third kappa shape index (κ3) is 8.22. The lowest BCUT2D eigenvalue weighted by Crippen LogP contribution is -2.69. The summed E-state index contributed by atoms with van der Waals surface area (Å²) < 4.78 is 34.4. The molecule has 1 aromatic carbocycles. The van der Waals surface area contributed by atoms with Crippen molar-refractivity contribution >= 4 is 55.2 Å². The van der Waals surface area contributed by atoms with Crippen LogP contribution in [0.25, 0.3) is 0 Å². The number of carbonyl (C=O) groups excluding carboxylic acids is 2. The number of halogens is 3. The zero-order valence-electron chi connectivity index (χ0n) is 23.2. The Bertz CT molecular complexity index is 991. The maximum Gasteiger partial charge on any atom is 0.407 e. The van der Waals surface area contributed by atoms with Crippen molar-refractivity contribution in [3.05, 3.63) is 35.9 Å². The molecular weight excluding hydrogens is 589 g/mol. The normalized spacial score (nSPS) is 28.0. The Morgan fingerprint density at radius 2 is 1.77 bits per heavy atom. The molecule has 2 saturated heterocycles. The van der Waals surface area contributed by atoms with Crippen molar-refractivity contribution in [1.82, 2.24) is 5.32 Å². The number of alkyl halides is 3. The highest BCUT2D eigenvalue weighted by molar-refractivity contribution is 6.74. The molecule has 1 N–H and O–H groups in total. The quantitative estimate of drug-likeness (QED) is 0.217. The minimum atomic E-state index is -2.52. The first-order valence-electron chi connectivity index (χ1n) is 12.8. The Hall–Kier alpha value is -1.11. The largest absolute Gasteiger partial charge is 0.457 e. The summed E-state index contributed by atoms with van der Waals surface area (Å²) in [6, 6.07) is 8.36. The second kappa shape index (κ2) is 12.8. The van der Waals surface area contributed by atoms with E-state index in [0.29, 0.717) is 5.92 Å². The molecule has 9 nitrogen and oxygen atoms in total. The SMILES string of the molecule is CC(=O)O[C@@H]1[C@@H](NC(=O)OCC(Cl)(Cl)Cl)[C@H](O[Si](C)(C)C(C)(C)C(C)C)O[C@@H]2CO[C@@H](c3ccccc3)O[C@@H]12. The van der Waals surface area contributed by atoms with E-state index >= 15 is 0 Å². The lowest BCUT2D eigenvalue weighted by molar-refractivity contribution is -0.336. The van der Waals surface area contributed by atoms with Gasteiger partial charge in [-0.1, -0.05) is 92.8 Å². The Kier molecular flexibility index (Phi) is 10.6. The van der Waals surface area contributed by atoms with Gasteiger partial charge in [0.1, 0.15) is 24.9 Å². The van der Waals surface area contributed by atoms with E-state index in [2.05, 4.69) is 46.1 Å². The second-order valence-electron chi connectivity index (χ2n) is 11.2. The van der Waals surface area contributed by atoms with Gasteiger partial charge in [0.2, 0.25) is 3.79 Å². The van der Waals surface area contributed by atoms with Crippen LogP contribution in [0.4, 0.5) is 4.79 Å². The number of ether oxygens (including phenoxy) is 5. The lowest BCUT2D eigenvalue weighted by atomic mass is 9.95. The number of rotatable bonds is 8. The maximum absolute atomic E-state index is 12.8. The fraction of sp³-hybridized carbons (Fsp3) is 0.692. The Labute approximate surface area is 246 Å². The van der Waals surface area contributed by atoms with Crippen LogP contribution in [0, 0.1) is 5.92 Å². The molecule has 0 bridgehead atoms. The Balaban J connectivity index is 1.95. The van der Waals surface area contributed by atoms with E-state index in [1.54, 1.807) is 0 Å².